The van der Waals surface area contributed by atoms with Crippen molar-refractivity contribution in [2.75, 3.05) is 26.2 Å². The summed E-state index contributed by atoms with van der Waals surface area (Å²) in [6.07, 6.45) is 22.6. The Balaban J connectivity index is 4.84. The van der Waals surface area contributed by atoms with Gasteiger partial charge in [0.05, 0.1) is 0 Å². The molecule has 34 heavy (non-hydrogen) atoms. The van der Waals surface area contributed by atoms with Crippen LogP contribution in [0, 0.1) is 0 Å². The highest BCUT2D eigenvalue weighted by molar-refractivity contribution is 7.81. The van der Waals surface area contributed by atoms with E-state index in [1.807, 2.05) is 5.12 Å². The summed E-state index contributed by atoms with van der Waals surface area (Å²) in [6.45, 7) is 12.4. The maximum absolute atomic E-state index is 12.0. The van der Waals surface area contributed by atoms with Crippen LogP contribution in [0.2, 0.25) is 0 Å². The van der Waals surface area contributed by atoms with Gasteiger partial charge in [0.15, 0.2) is 5.37 Å². The van der Waals surface area contributed by atoms with Gasteiger partial charge in [0.1, 0.15) is 0 Å². The Morgan fingerprint density at radius 2 is 0.882 bits per heavy atom. The summed E-state index contributed by atoms with van der Waals surface area (Å²) >= 11 is 4.55. The number of carbonyl (C=O) groups is 1. The molecule has 0 fully saturated rings. The molecule has 0 heterocycles. The molecule has 0 aromatic rings. The Morgan fingerprint density at radius 3 is 1.18 bits per heavy atom. The van der Waals surface area contributed by atoms with Gasteiger partial charge in [-0.3, -0.25) is 0 Å². The van der Waals surface area contributed by atoms with Crippen LogP contribution in [-0.2, 0) is 4.79 Å². The molecule has 0 aromatic carbocycles. The Hall–Kier alpha value is -0.300. The van der Waals surface area contributed by atoms with Gasteiger partial charge < -0.3 is 5.11 Å². The van der Waals surface area contributed by atoms with Crippen molar-refractivity contribution in [3.8, 4) is 0 Å². The number of aliphatic carboxylic acids is 1. The maximum atomic E-state index is 12.0. The second-order valence-electron chi connectivity index (χ2n) is 9.89. The van der Waals surface area contributed by atoms with E-state index in [2.05, 4.69) is 50.3 Å². The standard InChI is InChI=1S/C28H59N3O2S/c1-5-9-11-13-15-17-19-21-25-29(23-7-3)31(27(34)28(32)33)30(24-8-4)26-22-20-18-16-14-12-10-6-2/h27,34H,5-26H2,1-4H3,(H,32,33). The molecule has 0 bridgehead atoms. The first-order valence-electron chi connectivity index (χ1n) is 14.7. The Kier molecular flexibility index (Phi) is 24.2. The van der Waals surface area contributed by atoms with Crippen LogP contribution in [0.4, 0.5) is 0 Å². The highest BCUT2D eigenvalue weighted by atomic mass is 32.1. The zero-order valence-corrected chi connectivity index (χ0v) is 24.2. The molecule has 0 amide bonds. The van der Waals surface area contributed by atoms with Crippen LogP contribution < -0.4 is 0 Å². The predicted molar refractivity (Wildman–Crippen MR) is 151 cm³/mol. The Morgan fingerprint density at radius 1 is 0.559 bits per heavy atom. The third kappa shape index (κ3) is 17.2. The second-order valence-corrected chi connectivity index (χ2v) is 10.4. The molecule has 204 valence electrons. The Labute approximate surface area is 218 Å². The molecule has 0 aliphatic heterocycles. The zero-order valence-electron chi connectivity index (χ0n) is 23.3. The van der Waals surface area contributed by atoms with E-state index in [9.17, 15) is 9.90 Å². The molecule has 6 heteroatoms. The van der Waals surface area contributed by atoms with E-state index in [0.717, 1.165) is 51.9 Å². The van der Waals surface area contributed by atoms with Gasteiger partial charge in [-0.05, 0) is 25.7 Å². The number of unbranched alkanes of at least 4 members (excludes halogenated alkanes) is 14. The fourth-order valence-corrected chi connectivity index (χ4v) is 4.89. The number of hydrogen-bond donors (Lipinski definition) is 2. The summed E-state index contributed by atoms with van der Waals surface area (Å²) in [6, 6.07) is 0. The van der Waals surface area contributed by atoms with Crippen LogP contribution in [0.15, 0.2) is 0 Å². The van der Waals surface area contributed by atoms with Crippen LogP contribution in [0.1, 0.15) is 143 Å². The minimum atomic E-state index is -0.864. The van der Waals surface area contributed by atoms with Gasteiger partial charge in [0.25, 0.3) is 0 Å². The highest BCUT2D eigenvalue weighted by Crippen LogP contribution is 2.18. The van der Waals surface area contributed by atoms with Gasteiger partial charge in [-0.25, -0.2) is 14.8 Å². The van der Waals surface area contributed by atoms with Crippen molar-refractivity contribution in [2.24, 2.45) is 0 Å². The quantitative estimate of drug-likeness (QED) is 0.0542. The average molecular weight is 502 g/mol. The van der Waals surface area contributed by atoms with E-state index < -0.39 is 11.3 Å². The van der Waals surface area contributed by atoms with Crippen molar-refractivity contribution in [1.29, 1.82) is 0 Å². The normalized spacial score (nSPS) is 12.8. The van der Waals surface area contributed by atoms with Crippen LogP contribution in [0.5, 0.6) is 0 Å². The third-order valence-corrected chi connectivity index (χ3v) is 6.95. The third-order valence-electron chi connectivity index (χ3n) is 6.52. The first kappa shape index (κ1) is 33.7. The van der Waals surface area contributed by atoms with Crippen molar-refractivity contribution in [1.82, 2.24) is 15.1 Å². The molecule has 0 aliphatic rings. The number of nitrogens with zero attached hydrogens (tertiary/aromatic N) is 3. The lowest BCUT2D eigenvalue weighted by molar-refractivity contribution is -0.203. The summed E-state index contributed by atoms with van der Waals surface area (Å²) < 4.78 is 0. The van der Waals surface area contributed by atoms with Crippen molar-refractivity contribution in [3.63, 3.8) is 0 Å². The molecular weight excluding hydrogens is 442 g/mol. The molecule has 1 unspecified atom stereocenters. The average Bonchev–Trinajstić information content (AvgIpc) is 2.82. The van der Waals surface area contributed by atoms with Crippen LogP contribution >= 0.6 is 12.6 Å². The van der Waals surface area contributed by atoms with Crippen LogP contribution in [0.25, 0.3) is 0 Å². The number of rotatable bonds is 26. The molecule has 5 nitrogen and oxygen atoms in total. The molecule has 0 radical (unpaired) electrons. The topological polar surface area (TPSA) is 47.0 Å². The van der Waals surface area contributed by atoms with Gasteiger partial charge >= 0.3 is 5.97 Å². The summed E-state index contributed by atoms with van der Waals surface area (Å²) in [7, 11) is 0. The number of hydrazine groups is 2. The van der Waals surface area contributed by atoms with Gasteiger partial charge in [0, 0.05) is 26.2 Å². The van der Waals surface area contributed by atoms with Crippen molar-refractivity contribution < 1.29 is 9.90 Å². The number of thiol groups is 1. The van der Waals surface area contributed by atoms with Crippen LogP contribution in [-0.4, -0.2) is 57.8 Å². The lowest BCUT2D eigenvalue weighted by Gasteiger charge is -2.44. The highest BCUT2D eigenvalue weighted by Gasteiger charge is 2.31. The zero-order chi connectivity index (χ0) is 25.4. The lowest BCUT2D eigenvalue weighted by atomic mass is 10.1. The number of carboxylic acids is 1. The monoisotopic (exact) mass is 501 g/mol. The minimum absolute atomic E-state index is 0.832. The van der Waals surface area contributed by atoms with Gasteiger partial charge in [-0.2, -0.15) is 5.12 Å². The fourth-order valence-electron chi connectivity index (χ4n) is 4.59. The van der Waals surface area contributed by atoms with Crippen molar-refractivity contribution in [3.05, 3.63) is 0 Å². The predicted octanol–water partition coefficient (Wildman–Crippen LogP) is 8.16. The largest absolute Gasteiger partial charge is 0.479 e. The SMILES string of the molecule is CCCCCCCCCCN(CCC)N(C(S)C(=O)O)N(CCC)CCCCCCCCCC. The first-order valence-corrected chi connectivity index (χ1v) is 15.2. The van der Waals surface area contributed by atoms with E-state index in [0.29, 0.717) is 0 Å². The van der Waals surface area contributed by atoms with Gasteiger partial charge in [-0.1, -0.05) is 118 Å². The lowest BCUT2D eigenvalue weighted by Crippen LogP contribution is -2.59. The summed E-state index contributed by atoms with van der Waals surface area (Å²) in [4.78, 5) is 12.0. The number of carboxylic acid groups (broad SMARTS) is 1. The fraction of sp³-hybridized carbons (Fsp3) is 0.964. The summed E-state index contributed by atoms with van der Waals surface area (Å²) in [5, 5.41) is 15.5. The van der Waals surface area contributed by atoms with Gasteiger partial charge in [-0.15, -0.1) is 12.6 Å². The molecule has 1 N–H and O–H groups in total. The molecule has 0 saturated carbocycles. The number of hydrogen-bond acceptors (Lipinski definition) is 5. The Bertz CT molecular complexity index is 423. The minimum Gasteiger partial charge on any atom is -0.479 e. The molecule has 0 aromatic heterocycles. The second kappa shape index (κ2) is 24.4. The van der Waals surface area contributed by atoms with E-state index in [1.165, 1.54) is 89.9 Å². The van der Waals surface area contributed by atoms with E-state index in [1.54, 1.807) is 0 Å². The molecule has 1 atom stereocenters. The smallest absolute Gasteiger partial charge is 0.334 e. The summed E-state index contributed by atoms with van der Waals surface area (Å²) in [5.74, 6) is -0.864. The molecule has 0 aliphatic carbocycles. The molecule has 0 spiro atoms. The first-order chi connectivity index (χ1) is 16.5. The summed E-state index contributed by atoms with van der Waals surface area (Å²) in [5.41, 5.74) is 0. The maximum Gasteiger partial charge on any atom is 0.334 e. The van der Waals surface area contributed by atoms with E-state index >= 15 is 0 Å². The van der Waals surface area contributed by atoms with Crippen LogP contribution in [0.3, 0.4) is 0 Å². The van der Waals surface area contributed by atoms with E-state index in [-0.39, 0.29) is 0 Å². The van der Waals surface area contributed by atoms with E-state index in [4.69, 9.17) is 0 Å². The van der Waals surface area contributed by atoms with Gasteiger partial charge in [0.2, 0.25) is 0 Å². The molecule has 0 rings (SSSR count). The molecular formula is C28H59N3O2S. The van der Waals surface area contributed by atoms with Crippen molar-refractivity contribution >= 4 is 18.6 Å². The molecule has 0 saturated heterocycles. The van der Waals surface area contributed by atoms with Crippen molar-refractivity contribution in [2.45, 2.75) is 149 Å².